The molecule has 3 rings (SSSR count). The molecule has 2 heterocycles. The number of nitrogens with zero attached hydrogens (tertiary/aromatic N) is 2. The molecule has 27 heavy (non-hydrogen) atoms. The zero-order chi connectivity index (χ0) is 19.7. The molecule has 0 fully saturated rings. The minimum atomic E-state index is -0.446. The zero-order valence-electron chi connectivity index (χ0n) is 16.2. The van der Waals surface area contributed by atoms with Crippen LogP contribution in [0.2, 0.25) is 0 Å². The van der Waals surface area contributed by atoms with Gasteiger partial charge in [-0.25, -0.2) is 4.98 Å². The molecule has 0 unspecified atom stereocenters. The summed E-state index contributed by atoms with van der Waals surface area (Å²) in [5.41, 5.74) is 3.71. The largest absolute Gasteiger partial charge is 0.465 e. The lowest BCUT2D eigenvalue weighted by Crippen LogP contribution is -2.26. The van der Waals surface area contributed by atoms with Crippen molar-refractivity contribution < 1.29 is 9.53 Å². The van der Waals surface area contributed by atoms with Gasteiger partial charge in [0.15, 0.2) is 5.16 Å². The third-order valence-corrected chi connectivity index (χ3v) is 6.49. The topological polar surface area (TPSA) is 61.2 Å². The molecule has 0 bridgehead atoms. The second-order valence-electron chi connectivity index (χ2n) is 6.80. The number of hydrogen-bond donors (Lipinski definition) is 0. The third kappa shape index (κ3) is 4.24. The highest BCUT2D eigenvalue weighted by atomic mass is 32.2. The van der Waals surface area contributed by atoms with E-state index in [-0.39, 0.29) is 11.5 Å². The van der Waals surface area contributed by atoms with Crippen LogP contribution in [0.4, 0.5) is 0 Å². The molecular formula is C20H24N2O3S2. The molecule has 0 saturated carbocycles. The van der Waals surface area contributed by atoms with Crippen molar-refractivity contribution in [3.05, 3.63) is 45.4 Å². The van der Waals surface area contributed by atoms with Crippen molar-refractivity contribution in [2.24, 2.45) is 0 Å². The van der Waals surface area contributed by atoms with Crippen molar-refractivity contribution in [1.82, 2.24) is 9.55 Å². The van der Waals surface area contributed by atoms with Gasteiger partial charge in [0.25, 0.3) is 5.56 Å². The number of fused-ring (bicyclic) bond motifs is 1. The summed E-state index contributed by atoms with van der Waals surface area (Å²) < 4.78 is 6.76. The van der Waals surface area contributed by atoms with Gasteiger partial charge >= 0.3 is 5.97 Å². The van der Waals surface area contributed by atoms with Crippen molar-refractivity contribution >= 4 is 29.5 Å². The fourth-order valence-electron chi connectivity index (χ4n) is 3.15. The number of benzene rings is 1. The normalized spacial score (nSPS) is 16.9. The van der Waals surface area contributed by atoms with Crippen LogP contribution in [0.3, 0.4) is 0 Å². The Bertz CT molecular complexity index is 919. The van der Waals surface area contributed by atoms with Gasteiger partial charge in [0.05, 0.1) is 22.9 Å². The van der Waals surface area contributed by atoms with Crippen LogP contribution in [0.25, 0.3) is 5.69 Å². The second kappa shape index (κ2) is 8.10. The van der Waals surface area contributed by atoms with Gasteiger partial charge in [-0.2, -0.15) is 0 Å². The van der Waals surface area contributed by atoms with Crippen LogP contribution in [0.1, 0.15) is 37.6 Å². The number of rotatable bonds is 5. The van der Waals surface area contributed by atoms with E-state index < -0.39 is 5.25 Å². The Hall–Kier alpha value is -1.73. The van der Waals surface area contributed by atoms with E-state index in [9.17, 15) is 9.59 Å². The molecule has 2 atom stereocenters. The summed E-state index contributed by atoms with van der Waals surface area (Å²) >= 11 is 2.85. The maximum Gasteiger partial charge on any atom is 0.319 e. The highest BCUT2D eigenvalue weighted by Crippen LogP contribution is 2.35. The van der Waals surface area contributed by atoms with E-state index in [1.165, 1.54) is 11.8 Å². The Morgan fingerprint density at radius 1 is 1.37 bits per heavy atom. The van der Waals surface area contributed by atoms with Gasteiger partial charge in [0.1, 0.15) is 5.25 Å². The van der Waals surface area contributed by atoms with E-state index in [1.54, 1.807) is 30.2 Å². The van der Waals surface area contributed by atoms with Crippen LogP contribution in [-0.2, 0) is 16.0 Å². The van der Waals surface area contributed by atoms with Gasteiger partial charge in [0, 0.05) is 11.7 Å². The number of carbonyl (C=O) groups excluding carboxylic acids is 1. The predicted octanol–water partition coefficient (Wildman–Crippen LogP) is 3.93. The van der Waals surface area contributed by atoms with Crippen LogP contribution < -0.4 is 5.56 Å². The molecule has 0 N–H and O–H groups in total. The number of thioether (sulfide) groups is 2. The Kier molecular flexibility index (Phi) is 6.01. The van der Waals surface area contributed by atoms with Crippen LogP contribution in [-0.4, -0.2) is 32.6 Å². The van der Waals surface area contributed by atoms with Crippen LogP contribution in [0, 0.1) is 13.8 Å². The molecule has 1 aliphatic rings. The first kappa shape index (κ1) is 20.0. The molecule has 1 aromatic carbocycles. The lowest BCUT2D eigenvalue weighted by molar-refractivity contribution is -0.142. The van der Waals surface area contributed by atoms with E-state index in [0.717, 1.165) is 33.8 Å². The van der Waals surface area contributed by atoms with E-state index in [4.69, 9.17) is 9.72 Å². The minimum Gasteiger partial charge on any atom is -0.465 e. The molecule has 0 amide bonds. The summed E-state index contributed by atoms with van der Waals surface area (Å²) in [7, 11) is 0. The van der Waals surface area contributed by atoms with Crippen molar-refractivity contribution in [2.45, 2.75) is 61.6 Å². The standard InChI is InChI=1S/C20H24N2O3S2/c1-6-25-19(24)14(5)27-20-21-16-10-13(4)26-17(16)18(23)22(20)15-8-11(2)7-12(3)9-15/h7-9,13-14H,6,10H2,1-5H3/t13-,14+/m1/s1. The van der Waals surface area contributed by atoms with Crippen molar-refractivity contribution in [3.63, 3.8) is 0 Å². The molecule has 0 saturated heterocycles. The fraction of sp³-hybridized carbons (Fsp3) is 0.450. The lowest BCUT2D eigenvalue weighted by atomic mass is 10.1. The Balaban J connectivity index is 2.14. The number of aryl methyl sites for hydroxylation is 2. The SMILES string of the molecule is CCOC(=O)[C@H](C)Sc1nc2c(c(=O)n1-c1cc(C)cc(C)c1)S[C@H](C)C2. The summed E-state index contributed by atoms with van der Waals surface area (Å²) in [4.78, 5) is 30.9. The smallest absolute Gasteiger partial charge is 0.319 e. The monoisotopic (exact) mass is 404 g/mol. The van der Waals surface area contributed by atoms with E-state index >= 15 is 0 Å². The number of aromatic nitrogens is 2. The van der Waals surface area contributed by atoms with Crippen molar-refractivity contribution in [3.8, 4) is 5.69 Å². The highest BCUT2D eigenvalue weighted by Gasteiger charge is 2.28. The average Bonchev–Trinajstić information content (AvgIpc) is 2.95. The molecule has 1 aliphatic heterocycles. The molecule has 0 aliphatic carbocycles. The van der Waals surface area contributed by atoms with Gasteiger partial charge in [-0.3, -0.25) is 14.2 Å². The highest BCUT2D eigenvalue weighted by molar-refractivity contribution is 8.00. The van der Waals surface area contributed by atoms with Crippen LogP contribution >= 0.6 is 23.5 Å². The van der Waals surface area contributed by atoms with Crippen LogP contribution in [0.5, 0.6) is 0 Å². The van der Waals surface area contributed by atoms with Gasteiger partial charge in [-0.15, -0.1) is 11.8 Å². The molecular weight excluding hydrogens is 380 g/mol. The Labute approximate surface area is 167 Å². The van der Waals surface area contributed by atoms with Gasteiger partial charge in [-0.1, -0.05) is 24.8 Å². The first-order valence-corrected chi connectivity index (χ1v) is 10.8. The van der Waals surface area contributed by atoms with E-state index in [1.807, 2.05) is 26.0 Å². The molecule has 2 aromatic rings. The first-order valence-electron chi connectivity index (χ1n) is 9.04. The van der Waals surface area contributed by atoms with E-state index in [0.29, 0.717) is 17.0 Å². The van der Waals surface area contributed by atoms with Gasteiger partial charge in [-0.05, 0) is 51.0 Å². The summed E-state index contributed by atoms with van der Waals surface area (Å²) in [6.07, 6.45) is 0.768. The van der Waals surface area contributed by atoms with Crippen molar-refractivity contribution in [2.75, 3.05) is 6.61 Å². The van der Waals surface area contributed by atoms with Crippen molar-refractivity contribution in [1.29, 1.82) is 0 Å². The average molecular weight is 405 g/mol. The lowest BCUT2D eigenvalue weighted by Gasteiger charge is -2.17. The number of hydrogen-bond acceptors (Lipinski definition) is 6. The summed E-state index contributed by atoms with van der Waals surface area (Å²) in [6.45, 7) is 10.0. The molecule has 144 valence electrons. The Morgan fingerprint density at radius 2 is 2.04 bits per heavy atom. The first-order chi connectivity index (χ1) is 12.8. The molecule has 0 radical (unpaired) electrons. The number of esters is 1. The quantitative estimate of drug-likeness (QED) is 0.427. The van der Waals surface area contributed by atoms with Crippen LogP contribution in [0.15, 0.2) is 33.0 Å². The van der Waals surface area contributed by atoms with Gasteiger partial charge in [0.2, 0.25) is 0 Å². The Morgan fingerprint density at radius 3 is 2.67 bits per heavy atom. The minimum absolute atomic E-state index is 0.0575. The summed E-state index contributed by atoms with van der Waals surface area (Å²) in [5, 5.41) is 0.424. The van der Waals surface area contributed by atoms with Gasteiger partial charge < -0.3 is 4.74 Å². The van der Waals surface area contributed by atoms with E-state index in [2.05, 4.69) is 13.0 Å². The number of carbonyl (C=O) groups is 1. The fourth-order valence-corrected chi connectivity index (χ4v) is 5.19. The maximum absolute atomic E-state index is 13.3. The molecule has 7 heteroatoms. The maximum atomic E-state index is 13.3. The molecule has 0 spiro atoms. The summed E-state index contributed by atoms with van der Waals surface area (Å²) in [5.74, 6) is -0.299. The molecule has 5 nitrogen and oxygen atoms in total. The molecule has 1 aromatic heterocycles. The summed E-state index contributed by atoms with van der Waals surface area (Å²) in [6, 6.07) is 6.02. The predicted molar refractivity (Wildman–Crippen MR) is 110 cm³/mol. The zero-order valence-corrected chi connectivity index (χ0v) is 17.9. The number of ether oxygens (including phenoxy) is 1. The second-order valence-corrected chi connectivity index (χ2v) is 9.56. The third-order valence-electron chi connectivity index (χ3n) is 4.25.